The van der Waals surface area contributed by atoms with Crippen molar-refractivity contribution in [1.29, 1.82) is 0 Å². The van der Waals surface area contributed by atoms with Crippen LogP contribution < -0.4 is 5.32 Å². The minimum atomic E-state index is 0.0781. The standard InChI is InChI=1S/C12H15NO/c1-2-3-9-4-5-11-10(8-9)6-7-13-12(11)14/h4-5,8H,2-3,6-7H2,1H3,(H,13,14). The highest BCUT2D eigenvalue weighted by molar-refractivity contribution is 5.96. The minimum absolute atomic E-state index is 0.0781. The van der Waals surface area contributed by atoms with E-state index in [-0.39, 0.29) is 5.91 Å². The molecule has 1 amide bonds. The summed E-state index contributed by atoms with van der Waals surface area (Å²) in [4.78, 5) is 11.4. The molecule has 2 rings (SSSR count). The van der Waals surface area contributed by atoms with Crippen LogP contribution in [0, 0.1) is 0 Å². The minimum Gasteiger partial charge on any atom is -0.352 e. The van der Waals surface area contributed by atoms with E-state index in [1.54, 1.807) is 0 Å². The van der Waals surface area contributed by atoms with E-state index in [4.69, 9.17) is 0 Å². The molecule has 1 heterocycles. The van der Waals surface area contributed by atoms with Crippen LogP contribution in [-0.2, 0) is 12.8 Å². The molecule has 14 heavy (non-hydrogen) atoms. The molecule has 0 atom stereocenters. The number of hydrogen-bond acceptors (Lipinski definition) is 1. The summed E-state index contributed by atoms with van der Waals surface area (Å²) >= 11 is 0. The summed E-state index contributed by atoms with van der Waals surface area (Å²) in [5.41, 5.74) is 3.41. The number of hydrogen-bond donors (Lipinski definition) is 1. The molecule has 1 N–H and O–H groups in total. The van der Waals surface area contributed by atoms with Crippen molar-refractivity contribution in [3.63, 3.8) is 0 Å². The van der Waals surface area contributed by atoms with Crippen molar-refractivity contribution in [3.05, 3.63) is 34.9 Å². The topological polar surface area (TPSA) is 29.1 Å². The van der Waals surface area contributed by atoms with Gasteiger partial charge in [0, 0.05) is 12.1 Å². The molecule has 1 aromatic rings. The van der Waals surface area contributed by atoms with E-state index < -0.39 is 0 Å². The van der Waals surface area contributed by atoms with Gasteiger partial charge in [0.15, 0.2) is 0 Å². The number of nitrogens with one attached hydrogen (secondary N) is 1. The van der Waals surface area contributed by atoms with Crippen molar-refractivity contribution < 1.29 is 4.79 Å². The number of carbonyl (C=O) groups excluding carboxylic acids is 1. The third-order valence-electron chi connectivity index (χ3n) is 2.63. The van der Waals surface area contributed by atoms with Gasteiger partial charge in [-0.15, -0.1) is 0 Å². The average Bonchev–Trinajstić information content (AvgIpc) is 2.18. The molecular weight excluding hydrogens is 174 g/mol. The molecule has 0 bridgehead atoms. The van der Waals surface area contributed by atoms with Crippen LogP contribution in [0.5, 0.6) is 0 Å². The molecule has 1 aliphatic heterocycles. The number of carbonyl (C=O) groups is 1. The van der Waals surface area contributed by atoms with E-state index in [1.165, 1.54) is 11.1 Å². The van der Waals surface area contributed by atoms with Gasteiger partial charge in [-0.25, -0.2) is 0 Å². The molecule has 0 radical (unpaired) electrons. The molecule has 0 saturated carbocycles. The van der Waals surface area contributed by atoms with E-state index in [9.17, 15) is 4.79 Å². The smallest absolute Gasteiger partial charge is 0.251 e. The first-order valence-electron chi connectivity index (χ1n) is 5.21. The Kier molecular flexibility index (Phi) is 2.53. The highest BCUT2D eigenvalue weighted by Gasteiger charge is 2.15. The van der Waals surface area contributed by atoms with Crippen LogP contribution in [0.2, 0.25) is 0 Å². The third kappa shape index (κ3) is 1.65. The lowest BCUT2D eigenvalue weighted by Gasteiger charge is -2.16. The summed E-state index contributed by atoms with van der Waals surface area (Å²) < 4.78 is 0. The molecule has 0 aromatic heterocycles. The molecular formula is C12H15NO. The van der Waals surface area contributed by atoms with E-state index in [1.807, 2.05) is 6.07 Å². The maximum absolute atomic E-state index is 11.4. The van der Waals surface area contributed by atoms with E-state index >= 15 is 0 Å². The lowest BCUT2D eigenvalue weighted by Crippen LogP contribution is -2.31. The zero-order valence-electron chi connectivity index (χ0n) is 8.47. The lowest BCUT2D eigenvalue weighted by molar-refractivity contribution is 0.0946. The Labute approximate surface area is 84.3 Å². The SMILES string of the molecule is CCCc1ccc2c(c1)CCNC2=O. The Bertz CT molecular complexity index is 357. The number of benzene rings is 1. The van der Waals surface area contributed by atoms with Crippen LogP contribution in [0.4, 0.5) is 0 Å². The summed E-state index contributed by atoms with van der Waals surface area (Å²) in [6.45, 7) is 2.95. The molecule has 1 aliphatic rings. The van der Waals surface area contributed by atoms with Crippen molar-refractivity contribution in [2.45, 2.75) is 26.2 Å². The monoisotopic (exact) mass is 189 g/mol. The first-order chi connectivity index (χ1) is 6.81. The summed E-state index contributed by atoms with van der Waals surface area (Å²) in [6.07, 6.45) is 3.23. The predicted octanol–water partition coefficient (Wildman–Crippen LogP) is 1.92. The Morgan fingerprint density at radius 3 is 3.07 bits per heavy atom. The van der Waals surface area contributed by atoms with Gasteiger partial charge in [0.2, 0.25) is 0 Å². The molecule has 2 heteroatoms. The summed E-state index contributed by atoms with van der Waals surface area (Å²) in [5.74, 6) is 0.0781. The number of amides is 1. The first-order valence-corrected chi connectivity index (χ1v) is 5.21. The van der Waals surface area contributed by atoms with Gasteiger partial charge in [-0.2, -0.15) is 0 Å². The largest absolute Gasteiger partial charge is 0.352 e. The van der Waals surface area contributed by atoms with Crippen molar-refractivity contribution in [2.75, 3.05) is 6.54 Å². The van der Waals surface area contributed by atoms with E-state index in [2.05, 4.69) is 24.4 Å². The van der Waals surface area contributed by atoms with Gasteiger partial charge < -0.3 is 5.32 Å². The fraction of sp³-hybridized carbons (Fsp3) is 0.417. The maximum Gasteiger partial charge on any atom is 0.251 e. The van der Waals surface area contributed by atoms with Gasteiger partial charge in [-0.3, -0.25) is 4.79 Å². The third-order valence-corrected chi connectivity index (χ3v) is 2.63. The van der Waals surface area contributed by atoms with Crippen LogP contribution in [0.1, 0.15) is 34.8 Å². The summed E-state index contributed by atoms with van der Waals surface area (Å²) in [7, 11) is 0. The van der Waals surface area contributed by atoms with Crippen molar-refractivity contribution in [3.8, 4) is 0 Å². The highest BCUT2D eigenvalue weighted by Crippen LogP contribution is 2.16. The zero-order valence-corrected chi connectivity index (χ0v) is 8.47. The van der Waals surface area contributed by atoms with Crippen LogP contribution in [0.3, 0.4) is 0 Å². The lowest BCUT2D eigenvalue weighted by atomic mass is 9.96. The summed E-state index contributed by atoms with van der Waals surface area (Å²) in [6, 6.07) is 6.19. The second-order valence-corrected chi connectivity index (χ2v) is 3.75. The fourth-order valence-electron chi connectivity index (χ4n) is 1.93. The van der Waals surface area contributed by atoms with Gasteiger partial charge in [0.1, 0.15) is 0 Å². The van der Waals surface area contributed by atoms with Gasteiger partial charge >= 0.3 is 0 Å². The second-order valence-electron chi connectivity index (χ2n) is 3.75. The quantitative estimate of drug-likeness (QED) is 0.756. The Morgan fingerprint density at radius 1 is 1.43 bits per heavy atom. The van der Waals surface area contributed by atoms with Gasteiger partial charge in [-0.1, -0.05) is 25.5 Å². The Morgan fingerprint density at radius 2 is 2.29 bits per heavy atom. The molecule has 0 unspecified atom stereocenters. The van der Waals surface area contributed by atoms with E-state index in [0.29, 0.717) is 0 Å². The fourth-order valence-corrected chi connectivity index (χ4v) is 1.93. The molecule has 1 aromatic carbocycles. The van der Waals surface area contributed by atoms with Gasteiger partial charge in [-0.05, 0) is 30.0 Å². The molecule has 2 nitrogen and oxygen atoms in total. The van der Waals surface area contributed by atoms with Gasteiger partial charge in [0.05, 0.1) is 0 Å². The molecule has 0 fully saturated rings. The maximum atomic E-state index is 11.4. The normalized spacial score (nSPS) is 14.8. The average molecular weight is 189 g/mol. The number of rotatable bonds is 2. The number of fused-ring (bicyclic) bond motifs is 1. The summed E-state index contributed by atoms with van der Waals surface area (Å²) in [5, 5.41) is 2.85. The van der Waals surface area contributed by atoms with Crippen molar-refractivity contribution in [1.82, 2.24) is 5.32 Å². The molecule has 0 spiro atoms. The Balaban J connectivity index is 2.34. The highest BCUT2D eigenvalue weighted by atomic mass is 16.1. The van der Waals surface area contributed by atoms with Crippen LogP contribution >= 0.6 is 0 Å². The predicted molar refractivity (Wildman–Crippen MR) is 56.5 cm³/mol. The van der Waals surface area contributed by atoms with Gasteiger partial charge in [0.25, 0.3) is 5.91 Å². The van der Waals surface area contributed by atoms with Crippen molar-refractivity contribution >= 4 is 5.91 Å². The van der Waals surface area contributed by atoms with Crippen LogP contribution in [0.25, 0.3) is 0 Å². The van der Waals surface area contributed by atoms with Crippen LogP contribution in [-0.4, -0.2) is 12.5 Å². The first kappa shape index (κ1) is 9.25. The van der Waals surface area contributed by atoms with Crippen molar-refractivity contribution in [2.24, 2.45) is 0 Å². The Hall–Kier alpha value is -1.31. The molecule has 74 valence electrons. The molecule has 0 aliphatic carbocycles. The second kappa shape index (κ2) is 3.82. The van der Waals surface area contributed by atoms with E-state index in [0.717, 1.165) is 31.4 Å². The zero-order chi connectivity index (χ0) is 9.97. The molecule has 0 saturated heterocycles. The van der Waals surface area contributed by atoms with Crippen LogP contribution in [0.15, 0.2) is 18.2 Å². The number of aryl methyl sites for hydroxylation is 1.